The van der Waals surface area contributed by atoms with Crippen molar-refractivity contribution in [2.24, 2.45) is 12.9 Å². The summed E-state index contributed by atoms with van der Waals surface area (Å²) in [5.41, 5.74) is 5.19. The molecule has 2 rings (SSSR count). The van der Waals surface area contributed by atoms with Crippen LogP contribution >= 0.6 is 11.6 Å². The van der Waals surface area contributed by atoms with Gasteiger partial charge >= 0.3 is 0 Å². The Morgan fingerprint density at radius 2 is 2.17 bits per heavy atom. The lowest BCUT2D eigenvalue weighted by molar-refractivity contribution is 0.522. The van der Waals surface area contributed by atoms with Gasteiger partial charge in [-0.25, -0.2) is 0 Å². The highest BCUT2D eigenvalue weighted by Crippen LogP contribution is 2.13. The molecule has 5 heteroatoms. The second-order valence-corrected chi connectivity index (χ2v) is 4.86. The van der Waals surface area contributed by atoms with Gasteiger partial charge in [-0.2, -0.15) is 5.10 Å². The van der Waals surface area contributed by atoms with Crippen LogP contribution in [0, 0.1) is 0 Å². The number of nitrogens with one attached hydrogen (secondary N) is 1. The second kappa shape index (κ2) is 6.00. The largest absolute Gasteiger partial charge is 0.276 e. The lowest BCUT2D eigenvalue weighted by Gasteiger charge is -2.15. The molecular weight excluding hydrogens is 248 g/mol. The average Bonchev–Trinajstić information content (AvgIpc) is 2.74. The standard InChI is InChI=1S/C13H17ClN4/c1-18-9-11(8-16-18)7-13(17-15)6-10-3-2-4-12(14)5-10/h2-5,8-9,13,17H,6-7,15H2,1H3. The van der Waals surface area contributed by atoms with Crippen LogP contribution in [0.15, 0.2) is 36.7 Å². The van der Waals surface area contributed by atoms with Crippen LogP contribution in [0.25, 0.3) is 0 Å². The van der Waals surface area contributed by atoms with Gasteiger partial charge in [0, 0.05) is 24.3 Å². The molecule has 1 heterocycles. The van der Waals surface area contributed by atoms with Gasteiger partial charge in [0.15, 0.2) is 0 Å². The van der Waals surface area contributed by atoms with E-state index in [1.807, 2.05) is 37.6 Å². The van der Waals surface area contributed by atoms with E-state index in [0.717, 1.165) is 17.9 Å². The lowest BCUT2D eigenvalue weighted by Crippen LogP contribution is -2.38. The Balaban J connectivity index is 2.01. The monoisotopic (exact) mass is 264 g/mol. The van der Waals surface area contributed by atoms with Crippen molar-refractivity contribution in [3.8, 4) is 0 Å². The third kappa shape index (κ3) is 3.57. The molecule has 1 atom stereocenters. The number of nitrogens with two attached hydrogens (primary N) is 1. The Hall–Kier alpha value is -1.36. The zero-order valence-electron chi connectivity index (χ0n) is 10.3. The maximum atomic E-state index is 5.97. The molecule has 0 radical (unpaired) electrons. The van der Waals surface area contributed by atoms with E-state index in [2.05, 4.69) is 16.6 Å². The SMILES string of the molecule is Cn1cc(CC(Cc2cccc(Cl)c2)NN)cn1. The third-order valence-corrected chi connectivity index (χ3v) is 3.08. The van der Waals surface area contributed by atoms with Crippen LogP contribution in [0.1, 0.15) is 11.1 Å². The number of aromatic nitrogens is 2. The minimum absolute atomic E-state index is 0.174. The summed E-state index contributed by atoms with van der Waals surface area (Å²) in [5, 5.41) is 4.91. The highest BCUT2D eigenvalue weighted by atomic mass is 35.5. The molecule has 0 aliphatic rings. The summed E-state index contributed by atoms with van der Waals surface area (Å²) in [6, 6.07) is 8.02. The van der Waals surface area contributed by atoms with Crippen molar-refractivity contribution in [3.63, 3.8) is 0 Å². The molecule has 4 nitrogen and oxygen atoms in total. The van der Waals surface area contributed by atoms with E-state index >= 15 is 0 Å². The maximum absolute atomic E-state index is 5.97. The number of aryl methyl sites for hydroxylation is 1. The first-order valence-electron chi connectivity index (χ1n) is 5.85. The fourth-order valence-corrected chi connectivity index (χ4v) is 2.21. The van der Waals surface area contributed by atoms with Crippen LogP contribution in [-0.4, -0.2) is 15.8 Å². The predicted octanol–water partition coefficient (Wildman–Crippen LogP) is 1.69. The normalized spacial score (nSPS) is 12.6. The van der Waals surface area contributed by atoms with E-state index in [0.29, 0.717) is 0 Å². The molecule has 96 valence electrons. The summed E-state index contributed by atoms with van der Waals surface area (Å²) in [5.74, 6) is 5.60. The molecule has 1 aromatic carbocycles. The second-order valence-electron chi connectivity index (χ2n) is 4.42. The van der Waals surface area contributed by atoms with Crippen LogP contribution in [0.4, 0.5) is 0 Å². The number of hydrazine groups is 1. The van der Waals surface area contributed by atoms with E-state index in [4.69, 9.17) is 17.4 Å². The highest BCUT2D eigenvalue weighted by molar-refractivity contribution is 6.30. The average molecular weight is 265 g/mol. The van der Waals surface area contributed by atoms with Gasteiger partial charge in [0.1, 0.15) is 0 Å². The van der Waals surface area contributed by atoms with Crippen molar-refractivity contribution in [2.45, 2.75) is 18.9 Å². The van der Waals surface area contributed by atoms with E-state index in [1.54, 1.807) is 4.68 Å². The zero-order chi connectivity index (χ0) is 13.0. The Bertz CT molecular complexity index is 509. The number of halogens is 1. The summed E-state index contributed by atoms with van der Waals surface area (Å²) in [7, 11) is 1.91. The Morgan fingerprint density at radius 1 is 1.39 bits per heavy atom. The molecule has 0 aliphatic heterocycles. The molecule has 0 saturated carbocycles. The predicted molar refractivity (Wildman–Crippen MR) is 73.2 cm³/mol. The van der Waals surface area contributed by atoms with Crippen molar-refractivity contribution in [1.82, 2.24) is 15.2 Å². The lowest BCUT2D eigenvalue weighted by atomic mass is 10.0. The van der Waals surface area contributed by atoms with Gasteiger partial charge in [0.25, 0.3) is 0 Å². The van der Waals surface area contributed by atoms with Gasteiger partial charge in [-0.1, -0.05) is 23.7 Å². The molecular formula is C13H17ClN4. The summed E-state index contributed by atoms with van der Waals surface area (Å²) in [6.07, 6.45) is 5.55. The maximum Gasteiger partial charge on any atom is 0.0522 e. The molecule has 18 heavy (non-hydrogen) atoms. The van der Waals surface area contributed by atoms with Crippen LogP contribution in [-0.2, 0) is 19.9 Å². The first-order chi connectivity index (χ1) is 8.67. The number of hydrogen-bond donors (Lipinski definition) is 2. The van der Waals surface area contributed by atoms with Gasteiger partial charge in [-0.15, -0.1) is 0 Å². The molecule has 2 aromatic rings. The molecule has 0 fully saturated rings. The number of hydrogen-bond acceptors (Lipinski definition) is 3. The van der Waals surface area contributed by atoms with Gasteiger partial charge in [-0.05, 0) is 36.1 Å². The van der Waals surface area contributed by atoms with Crippen molar-refractivity contribution < 1.29 is 0 Å². The first-order valence-corrected chi connectivity index (χ1v) is 6.23. The van der Waals surface area contributed by atoms with Crippen LogP contribution < -0.4 is 11.3 Å². The molecule has 0 saturated heterocycles. The number of benzene rings is 1. The third-order valence-electron chi connectivity index (χ3n) is 2.85. The van der Waals surface area contributed by atoms with Gasteiger partial charge in [0.2, 0.25) is 0 Å². The van der Waals surface area contributed by atoms with Crippen molar-refractivity contribution >= 4 is 11.6 Å². The molecule has 1 unspecified atom stereocenters. The molecule has 3 N–H and O–H groups in total. The Morgan fingerprint density at radius 3 is 2.78 bits per heavy atom. The fourth-order valence-electron chi connectivity index (χ4n) is 2.00. The Labute approximate surface area is 112 Å². The van der Waals surface area contributed by atoms with Crippen LogP contribution in [0.3, 0.4) is 0 Å². The van der Waals surface area contributed by atoms with Gasteiger partial charge in [-0.3, -0.25) is 16.0 Å². The van der Waals surface area contributed by atoms with Crippen molar-refractivity contribution in [1.29, 1.82) is 0 Å². The topological polar surface area (TPSA) is 55.9 Å². The quantitative estimate of drug-likeness (QED) is 0.638. The fraction of sp³-hybridized carbons (Fsp3) is 0.308. The van der Waals surface area contributed by atoms with E-state index in [-0.39, 0.29) is 6.04 Å². The minimum Gasteiger partial charge on any atom is -0.276 e. The molecule has 1 aromatic heterocycles. The molecule has 0 spiro atoms. The molecule has 0 aliphatic carbocycles. The van der Waals surface area contributed by atoms with Crippen molar-refractivity contribution in [2.75, 3.05) is 0 Å². The smallest absolute Gasteiger partial charge is 0.0522 e. The zero-order valence-corrected chi connectivity index (χ0v) is 11.1. The van der Waals surface area contributed by atoms with E-state index in [9.17, 15) is 0 Å². The number of rotatable bonds is 5. The summed E-state index contributed by atoms with van der Waals surface area (Å²) >= 11 is 5.97. The summed E-state index contributed by atoms with van der Waals surface area (Å²) in [4.78, 5) is 0. The minimum atomic E-state index is 0.174. The van der Waals surface area contributed by atoms with Gasteiger partial charge in [0.05, 0.1) is 6.20 Å². The van der Waals surface area contributed by atoms with Crippen molar-refractivity contribution in [3.05, 3.63) is 52.8 Å². The van der Waals surface area contributed by atoms with Crippen LogP contribution in [0.2, 0.25) is 5.02 Å². The number of nitrogens with zero attached hydrogens (tertiary/aromatic N) is 2. The van der Waals surface area contributed by atoms with Crippen LogP contribution in [0.5, 0.6) is 0 Å². The molecule has 0 amide bonds. The Kier molecular flexibility index (Phi) is 4.36. The summed E-state index contributed by atoms with van der Waals surface area (Å²) in [6.45, 7) is 0. The van der Waals surface area contributed by atoms with E-state index < -0.39 is 0 Å². The molecule has 0 bridgehead atoms. The summed E-state index contributed by atoms with van der Waals surface area (Å²) < 4.78 is 1.79. The van der Waals surface area contributed by atoms with Gasteiger partial charge < -0.3 is 0 Å². The first kappa shape index (κ1) is 13.1. The highest BCUT2D eigenvalue weighted by Gasteiger charge is 2.10. The van der Waals surface area contributed by atoms with E-state index in [1.165, 1.54) is 11.1 Å².